The van der Waals surface area contributed by atoms with Gasteiger partial charge in [0.2, 0.25) is 5.89 Å². The summed E-state index contributed by atoms with van der Waals surface area (Å²) in [6, 6.07) is 5.14. The number of carbonyl (C=O) groups excluding carboxylic acids is 2. The van der Waals surface area contributed by atoms with Crippen LogP contribution in [0.25, 0.3) is 0 Å². The maximum atomic E-state index is 12.0. The lowest BCUT2D eigenvalue weighted by molar-refractivity contribution is -0.142. The zero-order valence-electron chi connectivity index (χ0n) is 12.4. The molecule has 0 saturated carbocycles. The molecule has 1 N–H and O–H groups in total. The predicted octanol–water partition coefficient (Wildman–Crippen LogP) is 1.94. The second-order valence-electron chi connectivity index (χ2n) is 4.83. The number of carbonyl (C=O) groups is 2. The molecule has 7 nitrogen and oxygen atoms in total. The molecule has 0 aliphatic carbocycles. The van der Waals surface area contributed by atoms with Crippen LogP contribution in [0.1, 0.15) is 17.3 Å². The minimum atomic E-state index is -0.784. The van der Waals surface area contributed by atoms with Crippen LogP contribution in [0.4, 0.5) is 5.69 Å². The monoisotopic (exact) mass is 322 g/mol. The second kappa shape index (κ2) is 6.57. The molecule has 0 aliphatic rings. The molecule has 0 aliphatic heterocycles. The molecule has 0 radical (unpaired) electrons. The number of anilines is 1. The summed E-state index contributed by atoms with van der Waals surface area (Å²) in [5, 5.41) is 6.53. The lowest BCUT2D eigenvalue weighted by Crippen LogP contribution is -2.37. The van der Waals surface area contributed by atoms with Crippen molar-refractivity contribution >= 4 is 29.1 Å². The van der Waals surface area contributed by atoms with E-state index in [9.17, 15) is 9.59 Å². The lowest BCUT2D eigenvalue weighted by Gasteiger charge is -2.15. The van der Waals surface area contributed by atoms with E-state index in [1.165, 1.54) is 11.9 Å². The summed E-state index contributed by atoms with van der Waals surface area (Å²) in [5.74, 6) is -0.783. The van der Waals surface area contributed by atoms with Crippen molar-refractivity contribution in [2.45, 2.75) is 20.4 Å². The van der Waals surface area contributed by atoms with Crippen LogP contribution in [0.15, 0.2) is 22.7 Å². The van der Waals surface area contributed by atoms with Crippen LogP contribution in [0, 0.1) is 13.8 Å². The largest absolute Gasteiger partial charge is 0.340 e. The summed E-state index contributed by atoms with van der Waals surface area (Å²) < 4.78 is 4.81. The van der Waals surface area contributed by atoms with Gasteiger partial charge in [-0.2, -0.15) is 4.98 Å². The van der Waals surface area contributed by atoms with Crippen molar-refractivity contribution in [3.8, 4) is 0 Å². The van der Waals surface area contributed by atoms with Crippen molar-refractivity contribution in [1.29, 1.82) is 0 Å². The number of halogens is 1. The molecule has 0 unspecified atom stereocenters. The molecule has 0 spiro atoms. The first-order valence-electron chi connectivity index (χ1n) is 6.48. The van der Waals surface area contributed by atoms with Crippen LogP contribution in [0.5, 0.6) is 0 Å². The van der Waals surface area contributed by atoms with Gasteiger partial charge in [-0.25, -0.2) is 0 Å². The Morgan fingerprint density at radius 3 is 2.68 bits per heavy atom. The zero-order valence-corrected chi connectivity index (χ0v) is 13.1. The maximum absolute atomic E-state index is 12.0. The maximum Gasteiger partial charge on any atom is 0.313 e. The average molecular weight is 323 g/mol. The number of hydrogen-bond acceptors (Lipinski definition) is 5. The first-order valence-corrected chi connectivity index (χ1v) is 6.86. The number of amides is 2. The normalized spacial score (nSPS) is 10.4. The van der Waals surface area contributed by atoms with Crippen LogP contribution in [0.3, 0.4) is 0 Å². The number of benzene rings is 1. The molecule has 1 aromatic heterocycles. The molecule has 22 heavy (non-hydrogen) atoms. The van der Waals surface area contributed by atoms with Crippen molar-refractivity contribution in [2.24, 2.45) is 0 Å². The van der Waals surface area contributed by atoms with Gasteiger partial charge in [-0.3, -0.25) is 9.59 Å². The topological polar surface area (TPSA) is 88.3 Å². The minimum Gasteiger partial charge on any atom is -0.340 e. The first kappa shape index (κ1) is 16.0. The summed E-state index contributed by atoms with van der Waals surface area (Å²) in [5.41, 5.74) is 1.34. The highest BCUT2D eigenvalue weighted by molar-refractivity contribution is 6.41. The third-order valence-electron chi connectivity index (χ3n) is 2.86. The van der Waals surface area contributed by atoms with Crippen LogP contribution in [0.2, 0.25) is 5.02 Å². The molecule has 1 heterocycles. The highest BCUT2D eigenvalue weighted by Crippen LogP contribution is 2.22. The van der Waals surface area contributed by atoms with E-state index < -0.39 is 11.8 Å². The predicted molar refractivity (Wildman–Crippen MR) is 80.3 cm³/mol. The number of aromatic nitrogens is 2. The van der Waals surface area contributed by atoms with Crippen LogP contribution < -0.4 is 5.32 Å². The number of aryl methyl sites for hydroxylation is 2. The SMILES string of the molecule is Cc1ccc(NC(=O)C(=O)N(C)Cc2noc(C)n2)c(Cl)c1. The molecule has 2 rings (SSSR count). The van der Waals surface area contributed by atoms with Crippen molar-refractivity contribution in [3.05, 3.63) is 40.5 Å². The number of rotatable bonds is 3. The number of likely N-dealkylation sites (N-methyl/N-ethyl adjacent to an activating group) is 1. The zero-order chi connectivity index (χ0) is 16.3. The standard InChI is InChI=1S/C14H15ClN4O3/c1-8-4-5-11(10(15)6-8)17-13(20)14(21)19(3)7-12-16-9(2)22-18-12/h4-6H,7H2,1-3H3,(H,17,20). The summed E-state index contributed by atoms with van der Waals surface area (Å²) in [4.78, 5) is 29.2. The van der Waals surface area contributed by atoms with E-state index in [0.717, 1.165) is 5.56 Å². The smallest absolute Gasteiger partial charge is 0.313 e. The van der Waals surface area contributed by atoms with Gasteiger partial charge >= 0.3 is 11.8 Å². The Morgan fingerprint density at radius 2 is 2.09 bits per heavy atom. The van der Waals surface area contributed by atoms with Crippen molar-refractivity contribution < 1.29 is 14.1 Å². The molecule has 0 atom stereocenters. The Hall–Kier alpha value is -2.41. The molecule has 8 heteroatoms. The highest BCUT2D eigenvalue weighted by Gasteiger charge is 2.21. The van der Waals surface area contributed by atoms with Gasteiger partial charge in [-0.05, 0) is 24.6 Å². The third kappa shape index (κ3) is 3.82. The summed E-state index contributed by atoms with van der Waals surface area (Å²) in [7, 11) is 1.48. The van der Waals surface area contributed by atoms with Crippen LogP contribution in [-0.4, -0.2) is 33.9 Å². The van der Waals surface area contributed by atoms with E-state index in [0.29, 0.717) is 22.4 Å². The number of nitrogens with one attached hydrogen (secondary N) is 1. The quantitative estimate of drug-likeness (QED) is 0.872. The Balaban J connectivity index is 2.00. The van der Waals surface area contributed by atoms with E-state index >= 15 is 0 Å². The molecular weight excluding hydrogens is 308 g/mol. The molecule has 0 bridgehead atoms. The van der Waals surface area contributed by atoms with Gasteiger partial charge in [0.05, 0.1) is 17.3 Å². The Bertz CT molecular complexity index is 714. The van der Waals surface area contributed by atoms with E-state index in [1.54, 1.807) is 25.1 Å². The van der Waals surface area contributed by atoms with Gasteiger partial charge in [-0.1, -0.05) is 22.8 Å². The van der Waals surface area contributed by atoms with Crippen molar-refractivity contribution in [1.82, 2.24) is 15.0 Å². The van der Waals surface area contributed by atoms with Crippen molar-refractivity contribution in [2.75, 3.05) is 12.4 Å². The number of hydrogen-bond donors (Lipinski definition) is 1. The molecule has 116 valence electrons. The number of nitrogens with zero attached hydrogens (tertiary/aromatic N) is 3. The minimum absolute atomic E-state index is 0.0746. The van der Waals surface area contributed by atoms with Gasteiger partial charge in [0, 0.05) is 14.0 Å². The highest BCUT2D eigenvalue weighted by atomic mass is 35.5. The van der Waals surface area contributed by atoms with Crippen LogP contribution >= 0.6 is 11.6 Å². The fourth-order valence-electron chi connectivity index (χ4n) is 1.76. The summed E-state index contributed by atoms with van der Waals surface area (Å²) in [6.07, 6.45) is 0. The van der Waals surface area contributed by atoms with Crippen LogP contribution in [-0.2, 0) is 16.1 Å². The molecule has 2 amide bonds. The molecule has 2 aromatic rings. The van der Waals surface area contributed by atoms with Gasteiger partial charge < -0.3 is 14.7 Å². The van der Waals surface area contributed by atoms with Gasteiger partial charge in [0.15, 0.2) is 5.82 Å². The van der Waals surface area contributed by atoms with Gasteiger partial charge in [-0.15, -0.1) is 0 Å². The van der Waals surface area contributed by atoms with E-state index in [-0.39, 0.29) is 6.54 Å². The fourth-order valence-corrected chi connectivity index (χ4v) is 2.04. The summed E-state index contributed by atoms with van der Waals surface area (Å²) in [6.45, 7) is 3.60. The van der Waals surface area contributed by atoms with E-state index in [2.05, 4.69) is 15.5 Å². The van der Waals surface area contributed by atoms with Gasteiger partial charge in [0.25, 0.3) is 0 Å². The van der Waals surface area contributed by atoms with E-state index in [1.807, 2.05) is 6.92 Å². The first-order chi connectivity index (χ1) is 10.4. The van der Waals surface area contributed by atoms with Gasteiger partial charge in [0.1, 0.15) is 0 Å². The molecule has 0 fully saturated rings. The van der Waals surface area contributed by atoms with Crippen molar-refractivity contribution in [3.63, 3.8) is 0 Å². The Kier molecular flexibility index (Phi) is 4.77. The fraction of sp³-hybridized carbons (Fsp3) is 0.286. The molecular formula is C14H15ClN4O3. The van der Waals surface area contributed by atoms with E-state index in [4.69, 9.17) is 16.1 Å². The second-order valence-corrected chi connectivity index (χ2v) is 5.24. The Labute approximate surface area is 132 Å². The summed E-state index contributed by atoms with van der Waals surface area (Å²) >= 11 is 6.02. The Morgan fingerprint density at radius 1 is 1.36 bits per heavy atom. The average Bonchev–Trinajstić information content (AvgIpc) is 2.86. The molecule has 0 saturated heterocycles. The third-order valence-corrected chi connectivity index (χ3v) is 3.17. The lowest BCUT2D eigenvalue weighted by atomic mass is 10.2. The molecule has 1 aromatic carbocycles.